The van der Waals surface area contributed by atoms with Crippen LogP contribution in [0.3, 0.4) is 0 Å². The fourth-order valence-corrected chi connectivity index (χ4v) is 5.16. The van der Waals surface area contributed by atoms with Crippen LogP contribution in [0, 0.1) is 0 Å². The molecule has 14 nitrogen and oxygen atoms in total. The Morgan fingerprint density at radius 2 is 1.79 bits per heavy atom. The van der Waals surface area contributed by atoms with Crippen LogP contribution in [-0.2, 0) is 36.1 Å². The summed E-state index contributed by atoms with van der Waals surface area (Å²) in [7, 11) is -10.2. The van der Waals surface area contributed by atoms with E-state index >= 15 is 0 Å². The number of aromatic nitrogens is 1. The van der Waals surface area contributed by atoms with Crippen molar-refractivity contribution in [3.63, 3.8) is 0 Å². The van der Waals surface area contributed by atoms with Crippen LogP contribution in [0.5, 0.6) is 0 Å². The first-order valence-electron chi connectivity index (χ1n) is 9.05. The number of fused-ring (bicyclic) bond motifs is 1. The Morgan fingerprint density at radius 3 is 2.39 bits per heavy atom. The molecule has 0 bridgehead atoms. The zero-order valence-electron chi connectivity index (χ0n) is 16.4. The van der Waals surface area contributed by atoms with Gasteiger partial charge in [-0.05, 0) is 11.6 Å². The lowest BCUT2D eigenvalue weighted by atomic mass is 10.0. The van der Waals surface area contributed by atoms with E-state index in [1.54, 1.807) is 6.07 Å². The fourth-order valence-electron chi connectivity index (χ4n) is 3.19. The highest BCUT2D eigenvalue weighted by atomic mass is 32.3. The van der Waals surface area contributed by atoms with Gasteiger partial charge in [0, 0.05) is 18.0 Å². The number of benzene rings is 1. The molecule has 17 heteroatoms. The van der Waals surface area contributed by atoms with E-state index in [1.807, 2.05) is 0 Å². The molecule has 33 heavy (non-hydrogen) atoms. The summed E-state index contributed by atoms with van der Waals surface area (Å²) in [6.07, 6.45) is -5.82. The van der Waals surface area contributed by atoms with Gasteiger partial charge in [-0.2, -0.15) is 8.42 Å². The molecule has 1 saturated heterocycles. The Balaban J connectivity index is 1.98. The predicted octanol–water partition coefficient (Wildman–Crippen LogP) is -2.18. The zero-order chi connectivity index (χ0) is 24.6. The van der Waals surface area contributed by atoms with Crippen LogP contribution in [-0.4, -0.2) is 91.8 Å². The van der Waals surface area contributed by atoms with Gasteiger partial charge in [-0.1, -0.05) is 35.1 Å². The standard InChI is InChI=1S/C16H20N2O12S3/c19-7-11-13(20)14(21)15(22)16(29-11)31-12(17-30-33(26,27)28)5-8-6-18(32(23,24)25)10-4-2-1-3-9(8)10/h1-4,6,11,13-16,19-22H,5,7H2,(H,23,24,25)(H,26,27,28)/p-2/t11-,13-,14+,15-,16+/m1/s1. The first kappa shape index (κ1) is 25.8. The van der Waals surface area contributed by atoms with E-state index in [0.29, 0.717) is 15.7 Å². The number of rotatable bonds is 7. The highest BCUT2D eigenvalue weighted by molar-refractivity contribution is 8.14. The first-order chi connectivity index (χ1) is 15.3. The number of hydrogen-bond donors (Lipinski definition) is 4. The van der Waals surface area contributed by atoms with E-state index in [-0.39, 0.29) is 21.5 Å². The van der Waals surface area contributed by atoms with E-state index in [2.05, 4.69) is 9.44 Å². The van der Waals surface area contributed by atoms with Crippen molar-refractivity contribution in [2.75, 3.05) is 6.61 Å². The van der Waals surface area contributed by atoms with E-state index in [1.165, 1.54) is 18.2 Å². The van der Waals surface area contributed by atoms with Crippen LogP contribution in [0.1, 0.15) is 5.56 Å². The Kier molecular flexibility index (Phi) is 7.68. The topological polar surface area (TPSA) is 231 Å². The Labute approximate surface area is 191 Å². The van der Waals surface area contributed by atoms with E-state index in [4.69, 9.17) is 4.74 Å². The lowest BCUT2D eigenvalue weighted by molar-refractivity contribution is -0.205. The monoisotopic (exact) mass is 526 g/mol. The van der Waals surface area contributed by atoms with Crippen molar-refractivity contribution in [2.24, 2.45) is 5.16 Å². The van der Waals surface area contributed by atoms with Crippen LogP contribution < -0.4 is 0 Å². The Morgan fingerprint density at radius 1 is 1.12 bits per heavy atom. The molecule has 0 spiro atoms. The minimum absolute atomic E-state index is 0.0251. The number of ether oxygens (including phenoxy) is 1. The molecule has 5 atom stereocenters. The van der Waals surface area contributed by atoms with Gasteiger partial charge in [0.15, 0.2) is 10.3 Å². The van der Waals surface area contributed by atoms with Crippen LogP contribution in [0.4, 0.5) is 0 Å². The van der Waals surface area contributed by atoms with Crippen molar-refractivity contribution in [2.45, 2.75) is 36.3 Å². The number of aliphatic hydroxyl groups is 4. The fraction of sp³-hybridized carbons (Fsp3) is 0.438. The van der Waals surface area contributed by atoms with Crippen molar-refractivity contribution in [3.8, 4) is 0 Å². The molecule has 1 aliphatic rings. The summed E-state index contributed by atoms with van der Waals surface area (Å²) in [5, 5.41) is 42.5. The molecule has 0 amide bonds. The van der Waals surface area contributed by atoms with Crippen LogP contribution in [0.2, 0.25) is 0 Å². The summed E-state index contributed by atoms with van der Waals surface area (Å²) in [6.45, 7) is -0.727. The molecule has 2 aromatic rings. The van der Waals surface area contributed by atoms with Gasteiger partial charge < -0.3 is 34.3 Å². The third kappa shape index (κ3) is 6.01. The second-order valence-electron chi connectivity index (χ2n) is 6.88. The number of hydrogen-bond acceptors (Lipinski definition) is 14. The molecule has 0 radical (unpaired) electrons. The summed E-state index contributed by atoms with van der Waals surface area (Å²) < 4.78 is 77.1. The van der Waals surface area contributed by atoms with Gasteiger partial charge in [-0.3, -0.25) is 8.26 Å². The maximum absolute atomic E-state index is 11.6. The average molecular weight is 527 g/mol. The SMILES string of the molecule is O=S(=O)([O-])ON=C(Cc1cn(S(=O)(=O)[O-])c2ccccc12)S[C@@H]1O[C@H](CO)[C@@H](O)[C@H](O)[C@H]1O. The average Bonchev–Trinajstić information content (AvgIpc) is 3.11. The maximum Gasteiger partial charge on any atom is 0.284 e. The van der Waals surface area contributed by atoms with Crippen molar-refractivity contribution in [3.05, 3.63) is 36.0 Å². The normalized spacial score (nSPS) is 27.1. The number of thioether (sulfide) groups is 1. The lowest BCUT2D eigenvalue weighted by Crippen LogP contribution is -2.57. The van der Waals surface area contributed by atoms with Crippen molar-refractivity contribution < 1.29 is 55.4 Å². The molecule has 2 heterocycles. The summed E-state index contributed by atoms with van der Waals surface area (Å²) in [5.41, 5.74) is -1.22. The van der Waals surface area contributed by atoms with E-state index < -0.39 is 63.6 Å². The molecule has 0 saturated carbocycles. The number of nitrogens with zero attached hydrogens (tertiary/aromatic N) is 2. The van der Waals surface area contributed by atoms with Crippen LogP contribution in [0.15, 0.2) is 35.6 Å². The Bertz CT molecular complexity index is 1240. The minimum Gasteiger partial charge on any atom is -0.731 e. The maximum atomic E-state index is 11.6. The Hall–Kier alpha value is -1.80. The zero-order valence-corrected chi connectivity index (χ0v) is 18.8. The molecule has 0 aliphatic carbocycles. The highest BCUT2D eigenvalue weighted by Crippen LogP contribution is 2.32. The summed E-state index contributed by atoms with van der Waals surface area (Å²) >= 11 is 0.490. The molecular weight excluding hydrogens is 508 g/mol. The largest absolute Gasteiger partial charge is 0.731 e. The smallest absolute Gasteiger partial charge is 0.284 e. The molecule has 1 aromatic heterocycles. The van der Waals surface area contributed by atoms with Crippen molar-refractivity contribution in [1.82, 2.24) is 3.97 Å². The number of aliphatic hydroxyl groups excluding tert-OH is 4. The van der Waals surface area contributed by atoms with Gasteiger partial charge in [-0.15, -0.1) is 0 Å². The molecular formula is C16H18N2O12S3-2. The summed E-state index contributed by atoms with van der Waals surface area (Å²) in [5.74, 6) is 0. The van der Waals surface area contributed by atoms with Crippen molar-refractivity contribution >= 4 is 48.4 Å². The third-order valence-electron chi connectivity index (χ3n) is 4.67. The summed E-state index contributed by atoms with van der Waals surface area (Å²) in [4.78, 5) is 0. The molecule has 1 aliphatic heterocycles. The molecule has 1 aromatic carbocycles. The number of oxime groups is 1. The van der Waals surface area contributed by atoms with Gasteiger partial charge in [0.2, 0.25) is 0 Å². The van der Waals surface area contributed by atoms with Crippen LogP contribution >= 0.6 is 11.8 Å². The van der Waals surface area contributed by atoms with Gasteiger partial charge >= 0.3 is 0 Å². The molecule has 1 fully saturated rings. The van der Waals surface area contributed by atoms with E-state index in [0.717, 1.165) is 6.20 Å². The van der Waals surface area contributed by atoms with Gasteiger partial charge in [-0.25, -0.2) is 8.42 Å². The molecule has 3 rings (SSSR count). The molecule has 184 valence electrons. The van der Waals surface area contributed by atoms with Gasteiger partial charge in [0.1, 0.15) is 34.9 Å². The second kappa shape index (κ2) is 9.82. The number of para-hydroxylation sites is 1. The van der Waals surface area contributed by atoms with Crippen molar-refractivity contribution in [1.29, 1.82) is 0 Å². The lowest BCUT2D eigenvalue weighted by Gasteiger charge is -2.39. The molecule has 4 N–H and O–H groups in total. The molecule has 0 unspecified atom stereocenters. The quantitative estimate of drug-likeness (QED) is 0.0989. The van der Waals surface area contributed by atoms with E-state index in [9.17, 15) is 46.4 Å². The predicted molar refractivity (Wildman–Crippen MR) is 110 cm³/mol. The minimum atomic E-state index is -5.30. The summed E-state index contributed by atoms with van der Waals surface area (Å²) in [6, 6.07) is 5.87. The van der Waals surface area contributed by atoms with Crippen LogP contribution in [0.25, 0.3) is 10.9 Å². The third-order valence-corrected chi connectivity index (χ3v) is 6.83. The second-order valence-corrected chi connectivity index (χ2v) is 10.3. The van der Waals surface area contributed by atoms with Gasteiger partial charge in [0.25, 0.3) is 10.4 Å². The highest BCUT2D eigenvalue weighted by Gasteiger charge is 2.44. The van der Waals surface area contributed by atoms with Gasteiger partial charge in [0.05, 0.1) is 12.1 Å². The first-order valence-corrected chi connectivity index (χ1v) is 12.6.